The van der Waals surface area contributed by atoms with E-state index in [4.69, 9.17) is 4.52 Å². The molecule has 11 heavy (non-hydrogen) atoms. The molecule has 2 aromatic heterocycles. The van der Waals surface area contributed by atoms with Gasteiger partial charge in [-0.25, -0.2) is 4.52 Å². The van der Waals surface area contributed by atoms with Crippen LogP contribution >= 0.6 is 0 Å². The summed E-state index contributed by atoms with van der Waals surface area (Å²) in [6.45, 7) is 0. The van der Waals surface area contributed by atoms with E-state index in [-0.39, 0.29) is 0 Å². The second-order valence-corrected chi connectivity index (χ2v) is 2.14. The fourth-order valence-corrected chi connectivity index (χ4v) is 0.890. The van der Waals surface area contributed by atoms with Gasteiger partial charge < -0.3 is 4.52 Å². The molecule has 0 N–H and O–H groups in total. The second kappa shape index (κ2) is 2.54. The third-order valence-corrected chi connectivity index (χ3v) is 1.39. The first-order chi connectivity index (χ1) is 5.47. The van der Waals surface area contributed by atoms with Gasteiger partial charge in [-0.2, -0.15) is 0 Å². The Morgan fingerprint density at radius 2 is 1.55 bits per heavy atom. The number of rotatable bonds is 0. The lowest BCUT2D eigenvalue weighted by Gasteiger charge is -1.95. The van der Waals surface area contributed by atoms with Crippen LogP contribution in [0.1, 0.15) is 0 Å². The Balaban J connectivity index is 2.90. The molecule has 0 unspecified atom stereocenters. The molecule has 0 saturated heterocycles. The molecular formula is C8H8N2O. The van der Waals surface area contributed by atoms with E-state index < -0.39 is 0 Å². The number of fused-ring (bicyclic) bond motifs is 1. The zero-order chi connectivity index (χ0) is 7.52. The minimum Gasteiger partial charge on any atom is -0.367 e. The maximum atomic E-state index is 5.18. The molecule has 0 spiro atoms. The van der Waals surface area contributed by atoms with Crippen LogP contribution in [0.3, 0.4) is 0 Å². The van der Waals surface area contributed by atoms with Crippen LogP contribution in [-0.4, -0.2) is 9.20 Å². The van der Waals surface area contributed by atoms with E-state index in [1.165, 1.54) is 0 Å². The molecule has 0 fully saturated rings. The number of nitrogens with zero attached hydrogens (tertiary/aromatic N) is 2. The van der Waals surface area contributed by atoms with Crippen molar-refractivity contribution in [2.75, 3.05) is 0 Å². The lowest BCUT2D eigenvalue weighted by atomic mass is 10.6. The molecule has 2 heterocycles. The standard InChI is InChI=1S/C8H8N2O/c1-2-7-10-9(5-1)6-3-4-8-11-10/h1-8H. The van der Waals surface area contributed by atoms with Crippen molar-refractivity contribution in [1.29, 1.82) is 0 Å². The zero-order valence-electron chi connectivity index (χ0n) is 5.92. The zero-order valence-corrected chi connectivity index (χ0v) is 5.92. The number of aromatic nitrogens is 2. The van der Waals surface area contributed by atoms with Gasteiger partial charge in [0.25, 0.3) is 0 Å². The van der Waals surface area contributed by atoms with Gasteiger partial charge >= 0.3 is 0 Å². The van der Waals surface area contributed by atoms with Gasteiger partial charge in [0.05, 0.1) is 6.20 Å². The molecule has 0 saturated carbocycles. The number of hydrogen-bond donors (Lipinski definition) is 0. The van der Waals surface area contributed by atoms with E-state index in [9.17, 15) is 0 Å². The quantitative estimate of drug-likeness (QED) is 0.558. The maximum Gasteiger partial charge on any atom is 0.122 e. The number of hydrogen-bond acceptors (Lipinski definition) is 1. The highest BCUT2D eigenvalue weighted by Crippen LogP contribution is 1.87. The summed E-state index contributed by atoms with van der Waals surface area (Å²) in [4.78, 5) is 0. The summed E-state index contributed by atoms with van der Waals surface area (Å²) >= 11 is 0. The first-order valence-corrected chi connectivity index (χ1v) is 3.39. The van der Waals surface area contributed by atoms with Crippen molar-refractivity contribution in [3.63, 3.8) is 0 Å². The monoisotopic (exact) mass is 148 g/mol. The Labute approximate surface area is 63.7 Å². The van der Waals surface area contributed by atoms with Gasteiger partial charge in [0, 0.05) is 12.4 Å². The van der Waals surface area contributed by atoms with Gasteiger partial charge in [0.2, 0.25) is 0 Å². The molecular weight excluding hydrogens is 140 g/mol. The predicted octanol–water partition coefficient (Wildman–Crippen LogP) is 1.76. The van der Waals surface area contributed by atoms with Gasteiger partial charge in [-0.1, -0.05) is 0 Å². The van der Waals surface area contributed by atoms with Crippen LogP contribution in [0.15, 0.2) is 53.6 Å². The van der Waals surface area contributed by atoms with Crippen molar-refractivity contribution >= 4 is 0 Å². The summed E-state index contributed by atoms with van der Waals surface area (Å²) in [7, 11) is 0. The smallest absolute Gasteiger partial charge is 0.122 e. The largest absolute Gasteiger partial charge is 0.367 e. The van der Waals surface area contributed by atoms with Crippen molar-refractivity contribution in [2.24, 2.45) is 0 Å². The molecule has 2 aromatic rings. The highest BCUT2D eigenvalue weighted by Gasteiger charge is 1.79. The highest BCUT2D eigenvalue weighted by atomic mass is 16.5. The van der Waals surface area contributed by atoms with Crippen molar-refractivity contribution in [3.05, 3.63) is 49.1 Å². The van der Waals surface area contributed by atoms with Crippen LogP contribution in [0.5, 0.6) is 0 Å². The molecule has 0 aliphatic rings. The van der Waals surface area contributed by atoms with Crippen LogP contribution in [0.2, 0.25) is 0 Å². The lowest BCUT2D eigenvalue weighted by molar-refractivity contribution is 0.294. The van der Waals surface area contributed by atoms with Crippen LogP contribution in [-0.2, 0) is 0 Å². The molecule has 3 heteroatoms. The fourth-order valence-electron chi connectivity index (χ4n) is 0.890. The maximum absolute atomic E-state index is 5.18. The SMILES string of the molecule is c1ccn2ccccn2oc1. The molecule has 3 nitrogen and oxygen atoms in total. The van der Waals surface area contributed by atoms with E-state index in [2.05, 4.69) is 0 Å². The molecule has 0 bridgehead atoms. The van der Waals surface area contributed by atoms with Crippen LogP contribution in [0.4, 0.5) is 0 Å². The van der Waals surface area contributed by atoms with Crippen molar-refractivity contribution in [3.8, 4) is 0 Å². The van der Waals surface area contributed by atoms with Gasteiger partial charge in [0.1, 0.15) is 6.26 Å². The van der Waals surface area contributed by atoms with Gasteiger partial charge in [-0.05, 0) is 24.3 Å². The van der Waals surface area contributed by atoms with E-state index >= 15 is 0 Å². The Bertz CT molecular complexity index is 346. The molecule has 0 amide bonds. The van der Waals surface area contributed by atoms with Crippen molar-refractivity contribution < 1.29 is 4.52 Å². The van der Waals surface area contributed by atoms with Crippen LogP contribution in [0, 0.1) is 0 Å². The molecule has 0 aliphatic carbocycles. The van der Waals surface area contributed by atoms with Crippen molar-refractivity contribution in [1.82, 2.24) is 9.20 Å². The summed E-state index contributed by atoms with van der Waals surface area (Å²) < 4.78 is 8.64. The second-order valence-electron chi connectivity index (χ2n) is 2.14. The van der Waals surface area contributed by atoms with Gasteiger partial charge in [-0.15, -0.1) is 4.69 Å². The van der Waals surface area contributed by atoms with Gasteiger partial charge in [-0.3, -0.25) is 0 Å². The first-order valence-electron chi connectivity index (χ1n) is 3.39. The Morgan fingerprint density at radius 3 is 2.45 bits per heavy atom. The van der Waals surface area contributed by atoms with E-state index in [0.29, 0.717) is 0 Å². The Morgan fingerprint density at radius 1 is 0.818 bits per heavy atom. The Kier molecular flexibility index (Phi) is 1.41. The highest BCUT2D eigenvalue weighted by molar-refractivity contribution is 4.88. The van der Waals surface area contributed by atoms with Gasteiger partial charge in [0.15, 0.2) is 0 Å². The van der Waals surface area contributed by atoms with Crippen LogP contribution in [0.25, 0.3) is 0 Å². The van der Waals surface area contributed by atoms with E-state index in [1.807, 2.05) is 47.4 Å². The topological polar surface area (TPSA) is 22.0 Å². The molecule has 2 rings (SSSR count). The molecule has 0 radical (unpaired) electrons. The summed E-state index contributed by atoms with van der Waals surface area (Å²) in [6, 6.07) is 7.59. The van der Waals surface area contributed by atoms with Crippen LogP contribution < -0.4 is 0 Å². The lowest BCUT2D eigenvalue weighted by Crippen LogP contribution is -1.94. The third kappa shape index (κ3) is 1.12. The van der Waals surface area contributed by atoms with Crippen molar-refractivity contribution in [2.45, 2.75) is 0 Å². The molecule has 0 atom stereocenters. The third-order valence-electron chi connectivity index (χ3n) is 1.39. The predicted molar refractivity (Wildman–Crippen MR) is 40.7 cm³/mol. The van der Waals surface area contributed by atoms with E-state index in [1.54, 1.807) is 11.0 Å². The minimum atomic E-state index is 1.62. The average Bonchev–Trinajstić information content (AvgIpc) is 2.28. The summed E-state index contributed by atoms with van der Waals surface area (Å²) in [5.74, 6) is 0. The minimum absolute atomic E-state index is 1.62. The summed E-state index contributed by atoms with van der Waals surface area (Å²) in [5.41, 5.74) is 0. The first kappa shape index (κ1) is 6.09. The molecule has 56 valence electrons. The fraction of sp³-hybridized carbons (Fsp3) is 0. The molecule has 0 aromatic carbocycles. The average molecular weight is 148 g/mol. The Hall–Kier alpha value is -1.64. The summed E-state index contributed by atoms with van der Waals surface area (Å²) in [6.07, 6.45) is 7.27. The normalized spacial score (nSPS) is 9.82. The summed E-state index contributed by atoms with van der Waals surface area (Å²) in [5, 5.41) is 0. The molecule has 0 aliphatic heterocycles. The van der Waals surface area contributed by atoms with E-state index in [0.717, 1.165) is 0 Å².